The van der Waals surface area contributed by atoms with Crippen LogP contribution in [-0.4, -0.2) is 31.5 Å². The Morgan fingerprint density at radius 3 is 2.31 bits per heavy atom. The Bertz CT molecular complexity index is 729. The van der Waals surface area contributed by atoms with Crippen molar-refractivity contribution in [1.29, 1.82) is 0 Å². The van der Waals surface area contributed by atoms with Crippen LogP contribution in [0.3, 0.4) is 0 Å². The molecule has 0 saturated carbocycles. The van der Waals surface area contributed by atoms with Crippen LogP contribution in [-0.2, 0) is 9.47 Å². The molecule has 29 heavy (non-hydrogen) atoms. The van der Waals surface area contributed by atoms with Gasteiger partial charge in [-0.2, -0.15) is 8.78 Å². The molecular weight excluding hydrogens is 385 g/mol. The second-order valence-electron chi connectivity index (χ2n) is 6.17. The van der Waals surface area contributed by atoms with Gasteiger partial charge in [-0.05, 0) is 37.6 Å². The van der Waals surface area contributed by atoms with E-state index >= 15 is 0 Å². The highest BCUT2D eigenvalue weighted by molar-refractivity contribution is 5.34. The first-order valence-electron chi connectivity index (χ1n) is 8.86. The molecule has 4 nitrogen and oxygen atoms in total. The molecule has 1 aromatic rings. The van der Waals surface area contributed by atoms with Crippen molar-refractivity contribution in [3.05, 3.63) is 72.8 Å². The van der Waals surface area contributed by atoms with Crippen LogP contribution in [0.5, 0.6) is 11.5 Å². The van der Waals surface area contributed by atoms with Gasteiger partial charge in [0.2, 0.25) is 11.6 Å². The van der Waals surface area contributed by atoms with Gasteiger partial charge in [-0.3, -0.25) is 0 Å². The number of phenolic OH excluding ortho intramolecular Hbond substituents is 1. The maximum atomic E-state index is 13.6. The van der Waals surface area contributed by atoms with Gasteiger partial charge in [0.1, 0.15) is 12.4 Å². The van der Waals surface area contributed by atoms with Crippen molar-refractivity contribution in [3.63, 3.8) is 0 Å². The van der Waals surface area contributed by atoms with Gasteiger partial charge in [-0.15, -0.1) is 6.58 Å². The molecule has 0 radical (unpaired) electrons. The third kappa shape index (κ3) is 9.38. The molecule has 0 spiro atoms. The summed E-state index contributed by atoms with van der Waals surface area (Å²) in [5.41, 5.74) is 0.487. The number of hydrogen-bond acceptors (Lipinski definition) is 4. The molecule has 0 fully saturated rings. The van der Waals surface area contributed by atoms with Crippen LogP contribution in [0.25, 0.3) is 0 Å². The zero-order valence-electron chi connectivity index (χ0n) is 17.3. The van der Waals surface area contributed by atoms with E-state index in [1.807, 2.05) is 6.92 Å². The van der Waals surface area contributed by atoms with Gasteiger partial charge < -0.3 is 19.3 Å². The number of ether oxygens (including phenoxy) is 3. The second kappa shape index (κ2) is 13.5. The zero-order valence-corrected chi connectivity index (χ0v) is 17.3. The lowest BCUT2D eigenvalue weighted by molar-refractivity contribution is 0.0201. The highest BCUT2D eigenvalue weighted by Crippen LogP contribution is 2.26. The van der Waals surface area contributed by atoms with Crippen LogP contribution in [0, 0.1) is 17.6 Å². The highest BCUT2D eigenvalue weighted by Gasteiger charge is 2.16. The summed E-state index contributed by atoms with van der Waals surface area (Å²) in [5.74, 6) is -4.66. The number of methoxy groups -OCH3 is 1. The quantitative estimate of drug-likeness (QED) is 0.296. The van der Waals surface area contributed by atoms with Gasteiger partial charge in [0.25, 0.3) is 0 Å². The second-order valence-corrected chi connectivity index (χ2v) is 6.17. The zero-order chi connectivity index (χ0) is 22.6. The molecule has 0 aromatic heterocycles. The van der Waals surface area contributed by atoms with Crippen molar-refractivity contribution < 1.29 is 32.5 Å². The van der Waals surface area contributed by atoms with E-state index in [2.05, 4.69) is 19.7 Å². The highest BCUT2D eigenvalue weighted by atomic mass is 19.2. The third-order valence-electron chi connectivity index (χ3n) is 3.59. The first kappa shape index (κ1) is 26.3. The lowest BCUT2D eigenvalue weighted by Crippen LogP contribution is -2.21. The molecule has 1 N–H and O–H groups in total. The molecular formula is C22H29F3O4. The van der Waals surface area contributed by atoms with Gasteiger partial charge >= 0.3 is 0 Å². The number of hydrogen-bond donors (Lipinski definition) is 1. The Hall–Kier alpha value is -2.67. The van der Waals surface area contributed by atoms with Crippen LogP contribution >= 0.6 is 0 Å². The lowest BCUT2D eigenvalue weighted by atomic mass is 10.0. The van der Waals surface area contributed by atoms with Gasteiger partial charge in [0.15, 0.2) is 17.3 Å². The van der Waals surface area contributed by atoms with E-state index < -0.39 is 29.3 Å². The number of aromatic hydroxyl groups is 1. The molecule has 7 heteroatoms. The Labute approximate surface area is 170 Å². The first-order chi connectivity index (χ1) is 13.6. The minimum Gasteiger partial charge on any atom is -0.505 e. The predicted octanol–water partition coefficient (Wildman–Crippen LogP) is 5.85. The van der Waals surface area contributed by atoms with E-state index in [0.717, 1.165) is 12.1 Å². The van der Waals surface area contributed by atoms with Crippen molar-refractivity contribution in [3.8, 4) is 11.5 Å². The summed E-state index contributed by atoms with van der Waals surface area (Å²) in [6, 6.07) is 2.13. The fraction of sp³-hybridized carbons (Fsp3) is 0.364. The van der Waals surface area contributed by atoms with Crippen molar-refractivity contribution >= 4 is 0 Å². The van der Waals surface area contributed by atoms with E-state index in [1.54, 1.807) is 19.9 Å². The number of phenols is 1. The summed E-state index contributed by atoms with van der Waals surface area (Å²) in [5, 5.41) is 9.06. The molecule has 0 aliphatic heterocycles. The minimum atomic E-state index is -1.37. The smallest absolute Gasteiger partial charge is 0.204 e. The predicted molar refractivity (Wildman–Crippen MR) is 108 cm³/mol. The molecule has 2 unspecified atom stereocenters. The van der Waals surface area contributed by atoms with E-state index in [9.17, 15) is 13.2 Å². The van der Waals surface area contributed by atoms with Crippen molar-refractivity contribution in [2.45, 2.75) is 26.9 Å². The Morgan fingerprint density at radius 1 is 1.17 bits per heavy atom. The largest absolute Gasteiger partial charge is 0.505 e. The maximum absolute atomic E-state index is 13.6. The lowest BCUT2D eigenvalue weighted by Gasteiger charge is -2.18. The van der Waals surface area contributed by atoms with Gasteiger partial charge in [0, 0.05) is 5.92 Å². The van der Waals surface area contributed by atoms with Crippen molar-refractivity contribution in [2.24, 2.45) is 5.92 Å². The van der Waals surface area contributed by atoms with Gasteiger partial charge in [-0.25, -0.2) is 4.39 Å². The van der Waals surface area contributed by atoms with Crippen LogP contribution in [0.4, 0.5) is 13.2 Å². The summed E-state index contributed by atoms with van der Waals surface area (Å²) in [6.07, 6.45) is 2.53. The standard InChI is InChI=1S/C19H23F3O4.C3H6/c1-11(8-15(20)14(4)24-5)12(2)9-25-13(3)10-26-17-7-6-16(23)18(21)19(17)22;1-3-2/h6-8,12-13,23H,1,4,9-10H2,2-3,5H3;3H,1H2,2H3/b15-8+;. The fourth-order valence-corrected chi connectivity index (χ4v) is 1.79. The van der Waals surface area contributed by atoms with Crippen LogP contribution in [0.15, 0.2) is 61.2 Å². The molecule has 0 saturated heterocycles. The van der Waals surface area contributed by atoms with E-state index in [1.165, 1.54) is 13.2 Å². The molecule has 1 rings (SSSR count). The normalized spacial score (nSPS) is 12.9. The summed E-state index contributed by atoms with van der Waals surface area (Å²) in [4.78, 5) is 0. The minimum absolute atomic E-state index is 0.0367. The van der Waals surface area contributed by atoms with E-state index in [-0.39, 0.29) is 30.6 Å². The van der Waals surface area contributed by atoms with Crippen molar-refractivity contribution in [2.75, 3.05) is 20.3 Å². The molecule has 1 aromatic carbocycles. The average Bonchev–Trinajstić information content (AvgIpc) is 2.69. The molecule has 0 aliphatic carbocycles. The van der Waals surface area contributed by atoms with Crippen molar-refractivity contribution in [1.82, 2.24) is 0 Å². The molecule has 0 amide bonds. The average molecular weight is 414 g/mol. The number of halogens is 3. The number of benzene rings is 1. The van der Waals surface area contributed by atoms with Gasteiger partial charge in [0.05, 0.1) is 19.8 Å². The van der Waals surface area contributed by atoms with Crippen LogP contribution in [0.2, 0.25) is 0 Å². The Kier molecular flexibility index (Phi) is 12.3. The Morgan fingerprint density at radius 2 is 1.76 bits per heavy atom. The monoisotopic (exact) mass is 414 g/mol. The molecule has 0 bridgehead atoms. The summed E-state index contributed by atoms with van der Waals surface area (Å²) in [6.45, 7) is 16.1. The van der Waals surface area contributed by atoms with Crippen LogP contribution < -0.4 is 4.74 Å². The third-order valence-corrected chi connectivity index (χ3v) is 3.59. The fourth-order valence-electron chi connectivity index (χ4n) is 1.79. The van der Waals surface area contributed by atoms with E-state index in [0.29, 0.717) is 5.57 Å². The SMILES string of the molecule is C=C(OC)/C(F)=C\C(=C)C(C)COC(C)COc1ccc(O)c(F)c1F.C=CC. The number of allylic oxidation sites excluding steroid dienone is 3. The summed E-state index contributed by atoms with van der Waals surface area (Å²) < 4.78 is 55.9. The topological polar surface area (TPSA) is 47.9 Å². The molecule has 162 valence electrons. The van der Waals surface area contributed by atoms with E-state index in [4.69, 9.17) is 19.3 Å². The maximum Gasteiger partial charge on any atom is 0.204 e. The number of rotatable bonds is 10. The molecule has 0 aliphatic rings. The summed E-state index contributed by atoms with van der Waals surface area (Å²) >= 11 is 0. The Balaban J connectivity index is 0.00000245. The van der Waals surface area contributed by atoms with Gasteiger partial charge in [-0.1, -0.05) is 26.2 Å². The summed E-state index contributed by atoms with van der Waals surface area (Å²) in [7, 11) is 1.32. The molecule has 0 heterocycles. The molecule has 2 atom stereocenters. The first-order valence-corrected chi connectivity index (χ1v) is 8.86. The van der Waals surface area contributed by atoms with Crippen LogP contribution in [0.1, 0.15) is 20.8 Å².